The van der Waals surface area contributed by atoms with Gasteiger partial charge in [0.15, 0.2) is 5.65 Å². The Hall–Kier alpha value is -2.90. The number of hydrogen-bond donors (Lipinski definition) is 1. The van der Waals surface area contributed by atoms with Gasteiger partial charge in [0.2, 0.25) is 0 Å². The molecule has 3 aromatic heterocycles. The number of imidazole rings is 1. The molecule has 136 valence electrons. The maximum Gasteiger partial charge on any atom is 0.329 e. The number of piperidine rings is 1. The number of nitrogens with zero attached hydrogens (tertiary/aromatic N) is 5. The van der Waals surface area contributed by atoms with E-state index in [1.54, 1.807) is 12.4 Å². The van der Waals surface area contributed by atoms with E-state index in [1.807, 2.05) is 24.8 Å². The van der Waals surface area contributed by atoms with Crippen LogP contribution in [-0.2, 0) is 6.42 Å². The molecule has 1 N–H and O–H groups in total. The molecule has 8 heteroatoms. The van der Waals surface area contributed by atoms with Crippen LogP contribution in [-0.4, -0.2) is 48.2 Å². The molecule has 1 amide bonds. The minimum atomic E-state index is -0.0669. The lowest BCUT2D eigenvalue weighted by atomic mass is 9.95. The predicted molar refractivity (Wildman–Crippen MR) is 96.5 cm³/mol. The van der Waals surface area contributed by atoms with Crippen molar-refractivity contribution < 1.29 is 4.79 Å². The molecule has 1 aliphatic heterocycles. The Morgan fingerprint density at radius 1 is 1.42 bits per heavy atom. The average molecular weight is 354 g/mol. The highest BCUT2D eigenvalue weighted by molar-refractivity contribution is 5.76. The first-order chi connectivity index (χ1) is 12.6. The quantitative estimate of drug-likeness (QED) is 0.762. The van der Waals surface area contributed by atoms with Crippen molar-refractivity contribution in [1.82, 2.24) is 29.0 Å². The molecule has 0 aromatic carbocycles. The van der Waals surface area contributed by atoms with Gasteiger partial charge in [-0.2, -0.15) is 0 Å². The van der Waals surface area contributed by atoms with Crippen molar-refractivity contribution >= 4 is 11.7 Å². The fraction of sp³-hybridized carbons (Fsp3) is 0.444. The van der Waals surface area contributed by atoms with E-state index in [0.29, 0.717) is 18.6 Å². The summed E-state index contributed by atoms with van der Waals surface area (Å²) >= 11 is 0. The zero-order chi connectivity index (χ0) is 18.3. The fourth-order valence-corrected chi connectivity index (χ4v) is 3.74. The van der Waals surface area contributed by atoms with E-state index in [2.05, 4.69) is 15.1 Å². The maximum absolute atomic E-state index is 12.6. The molecule has 0 radical (unpaired) electrons. The van der Waals surface area contributed by atoms with Crippen molar-refractivity contribution in [3.8, 4) is 0 Å². The number of aryl methyl sites for hydroxylation is 1. The number of aromatic nitrogens is 5. The molecular formula is C18H22N6O2. The second-order valence-electron chi connectivity index (χ2n) is 6.78. The Bertz CT molecular complexity index is 1000. The van der Waals surface area contributed by atoms with Gasteiger partial charge in [-0.25, -0.2) is 19.3 Å². The molecule has 0 saturated carbocycles. The SMILES string of the molecule is CCc1c(C)nc2cc(C3CCCN(C(=O)n4ccnc4)C3)[nH]n2c1=O. The second kappa shape index (κ2) is 6.44. The molecule has 0 spiro atoms. The third kappa shape index (κ3) is 2.71. The maximum atomic E-state index is 12.6. The third-order valence-electron chi connectivity index (χ3n) is 5.15. The summed E-state index contributed by atoms with van der Waals surface area (Å²) in [5, 5.41) is 3.21. The smallest absolute Gasteiger partial charge is 0.323 e. The van der Waals surface area contributed by atoms with Crippen LogP contribution in [0.4, 0.5) is 4.79 Å². The van der Waals surface area contributed by atoms with Crippen LogP contribution in [0, 0.1) is 6.92 Å². The molecule has 3 aromatic rings. The Balaban J connectivity index is 1.64. The van der Waals surface area contributed by atoms with Gasteiger partial charge in [-0.3, -0.25) is 14.5 Å². The first-order valence-corrected chi connectivity index (χ1v) is 8.97. The van der Waals surface area contributed by atoms with Crippen LogP contribution in [0.15, 0.2) is 29.6 Å². The fourth-order valence-electron chi connectivity index (χ4n) is 3.74. The Kier molecular flexibility index (Phi) is 4.10. The summed E-state index contributed by atoms with van der Waals surface area (Å²) in [4.78, 5) is 35.5. The van der Waals surface area contributed by atoms with Crippen molar-refractivity contribution in [2.45, 2.75) is 39.0 Å². The van der Waals surface area contributed by atoms with Gasteiger partial charge in [0.25, 0.3) is 5.56 Å². The van der Waals surface area contributed by atoms with Crippen molar-refractivity contribution in [3.63, 3.8) is 0 Å². The summed E-state index contributed by atoms with van der Waals surface area (Å²) in [6, 6.07) is 1.87. The molecule has 0 aliphatic carbocycles. The summed E-state index contributed by atoms with van der Waals surface area (Å²) in [5.74, 6) is 0.155. The zero-order valence-corrected chi connectivity index (χ0v) is 15.0. The Labute approximate surface area is 150 Å². The minimum Gasteiger partial charge on any atom is -0.323 e. The summed E-state index contributed by atoms with van der Waals surface area (Å²) in [5.41, 5.74) is 3.06. The lowest BCUT2D eigenvalue weighted by molar-refractivity contribution is 0.180. The number of fused-ring (bicyclic) bond motifs is 1. The summed E-state index contributed by atoms with van der Waals surface area (Å²) in [6.07, 6.45) is 7.33. The van der Waals surface area contributed by atoms with Crippen molar-refractivity contribution in [1.29, 1.82) is 0 Å². The number of aromatic amines is 1. The number of nitrogens with one attached hydrogen (secondary N) is 1. The largest absolute Gasteiger partial charge is 0.329 e. The van der Waals surface area contributed by atoms with E-state index in [0.717, 1.165) is 36.3 Å². The number of amides is 1. The highest BCUT2D eigenvalue weighted by Gasteiger charge is 2.27. The highest BCUT2D eigenvalue weighted by Crippen LogP contribution is 2.27. The van der Waals surface area contributed by atoms with Crippen LogP contribution >= 0.6 is 0 Å². The predicted octanol–water partition coefficient (Wildman–Crippen LogP) is 1.94. The standard InChI is InChI=1S/C18H22N6O2/c1-3-14-12(2)20-16-9-15(21-24(16)17(14)25)13-5-4-7-22(10-13)18(26)23-8-6-19-11-23/h6,8-9,11,13,21H,3-5,7,10H2,1-2H3. The summed E-state index contributed by atoms with van der Waals surface area (Å²) in [7, 11) is 0. The number of H-pyrrole nitrogens is 1. The lowest BCUT2D eigenvalue weighted by Gasteiger charge is -2.32. The van der Waals surface area contributed by atoms with Gasteiger partial charge in [-0.05, 0) is 26.2 Å². The monoisotopic (exact) mass is 354 g/mol. The van der Waals surface area contributed by atoms with Crippen LogP contribution in [0.5, 0.6) is 0 Å². The number of carbonyl (C=O) groups excluding carboxylic acids is 1. The topological polar surface area (TPSA) is 88.3 Å². The van der Waals surface area contributed by atoms with Gasteiger partial charge < -0.3 is 4.90 Å². The minimum absolute atomic E-state index is 0.0385. The third-order valence-corrected chi connectivity index (χ3v) is 5.15. The highest BCUT2D eigenvalue weighted by atomic mass is 16.2. The first-order valence-electron chi connectivity index (χ1n) is 8.97. The Morgan fingerprint density at radius 3 is 3.00 bits per heavy atom. The van der Waals surface area contributed by atoms with Gasteiger partial charge in [0, 0.05) is 54.4 Å². The number of carbonyl (C=O) groups is 1. The summed E-state index contributed by atoms with van der Waals surface area (Å²) < 4.78 is 3.02. The average Bonchev–Trinajstić information content (AvgIpc) is 3.31. The molecular weight excluding hydrogens is 332 g/mol. The second-order valence-corrected chi connectivity index (χ2v) is 6.78. The number of likely N-dealkylation sites (tertiary alicyclic amines) is 1. The molecule has 1 atom stereocenters. The van der Waals surface area contributed by atoms with E-state index < -0.39 is 0 Å². The molecule has 1 saturated heterocycles. The van der Waals surface area contributed by atoms with Crippen LogP contribution in [0.25, 0.3) is 5.65 Å². The van der Waals surface area contributed by atoms with Crippen molar-refractivity contribution in [2.24, 2.45) is 0 Å². The molecule has 0 bridgehead atoms. The lowest BCUT2D eigenvalue weighted by Crippen LogP contribution is -2.41. The van der Waals surface area contributed by atoms with Crippen molar-refractivity contribution in [3.05, 3.63) is 52.1 Å². The van der Waals surface area contributed by atoms with E-state index in [-0.39, 0.29) is 17.5 Å². The van der Waals surface area contributed by atoms with Crippen molar-refractivity contribution in [2.75, 3.05) is 13.1 Å². The zero-order valence-electron chi connectivity index (χ0n) is 15.0. The van der Waals surface area contributed by atoms with E-state index >= 15 is 0 Å². The summed E-state index contributed by atoms with van der Waals surface area (Å²) in [6.45, 7) is 5.17. The molecule has 4 heterocycles. The number of hydrogen-bond acceptors (Lipinski definition) is 4. The van der Waals surface area contributed by atoms with Gasteiger partial charge in [-0.1, -0.05) is 6.92 Å². The molecule has 26 heavy (non-hydrogen) atoms. The van der Waals surface area contributed by atoms with Crippen LogP contribution in [0.3, 0.4) is 0 Å². The van der Waals surface area contributed by atoms with Crippen LogP contribution < -0.4 is 5.56 Å². The molecule has 8 nitrogen and oxygen atoms in total. The molecule has 1 fully saturated rings. The molecule has 4 rings (SSSR count). The van der Waals surface area contributed by atoms with E-state index in [9.17, 15) is 9.59 Å². The molecule has 1 unspecified atom stereocenters. The van der Waals surface area contributed by atoms with E-state index in [4.69, 9.17) is 0 Å². The van der Waals surface area contributed by atoms with Gasteiger partial charge in [0.05, 0.1) is 0 Å². The van der Waals surface area contributed by atoms with Crippen LogP contribution in [0.2, 0.25) is 0 Å². The number of rotatable bonds is 2. The molecule has 1 aliphatic rings. The Morgan fingerprint density at radius 2 is 2.27 bits per heavy atom. The van der Waals surface area contributed by atoms with E-state index in [1.165, 1.54) is 15.4 Å². The van der Waals surface area contributed by atoms with Gasteiger partial charge in [-0.15, -0.1) is 0 Å². The normalized spacial score (nSPS) is 17.8. The van der Waals surface area contributed by atoms with Gasteiger partial charge >= 0.3 is 6.03 Å². The first kappa shape index (κ1) is 16.6. The van der Waals surface area contributed by atoms with Gasteiger partial charge in [0.1, 0.15) is 6.33 Å². The van der Waals surface area contributed by atoms with Crippen LogP contribution in [0.1, 0.15) is 42.6 Å².